The zero-order valence-corrected chi connectivity index (χ0v) is 8.88. The number of aliphatic hydroxyl groups is 1. The second kappa shape index (κ2) is 5.08. The molecule has 1 rings (SSSR count). The van der Waals surface area contributed by atoms with Crippen molar-refractivity contribution in [2.45, 2.75) is 19.4 Å². The van der Waals surface area contributed by atoms with Crippen molar-refractivity contribution in [3.8, 4) is 0 Å². The van der Waals surface area contributed by atoms with Crippen molar-refractivity contribution in [1.82, 2.24) is 0 Å². The number of halogens is 1. The standard InChI is InChI=1S/C10H15ClN2O/c1-2-7(14)6-13-9-5-3-4-8(11)10(9)12/h3-5,7,13-14H,2,6,12H2,1H3. The first kappa shape index (κ1) is 11.1. The van der Waals surface area contributed by atoms with E-state index in [1.54, 1.807) is 6.07 Å². The summed E-state index contributed by atoms with van der Waals surface area (Å²) in [4.78, 5) is 0. The van der Waals surface area contributed by atoms with Gasteiger partial charge in [-0.3, -0.25) is 0 Å². The van der Waals surface area contributed by atoms with Crippen LogP contribution in [0.5, 0.6) is 0 Å². The van der Waals surface area contributed by atoms with Crippen molar-refractivity contribution >= 4 is 23.0 Å². The first-order valence-corrected chi connectivity index (χ1v) is 4.98. The highest BCUT2D eigenvalue weighted by molar-refractivity contribution is 6.33. The lowest BCUT2D eigenvalue weighted by molar-refractivity contribution is 0.183. The van der Waals surface area contributed by atoms with Crippen LogP contribution in [0.15, 0.2) is 18.2 Å². The van der Waals surface area contributed by atoms with Gasteiger partial charge in [0.05, 0.1) is 22.5 Å². The average Bonchev–Trinajstić information content (AvgIpc) is 2.20. The fraction of sp³-hybridized carbons (Fsp3) is 0.400. The van der Waals surface area contributed by atoms with Crippen LogP contribution in [0, 0.1) is 0 Å². The molecule has 0 heterocycles. The van der Waals surface area contributed by atoms with E-state index in [0.29, 0.717) is 23.7 Å². The van der Waals surface area contributed by atoms with Gasteiger partial charge in [0, 0.05) is 6.54 Å². The number of para-hydroxylation sites is 1. The monoisotopic (exact) mass is 214 g/mol. The van der Waals surface area contributed by atoms with Gasteiger partial charge in [-0.1, -0.05) is 24.6 Å². The summed E-state index contributed by atoms with van der Waals surface area (Å²) >= 11 is 5.84. The predicted octanol–water partition coefficient (Wildman–Crippen LogP) is 2.10. The van der Waals surface area contributed by atoms with Gasteiger partial charge in [0.2, 0.25) is 0 Å². The fourth-order valence-electron chi connectivity index (χ4n) is 1.06. The van der Waals surface area contributed by atoms with E-state index in [4.69, 9.17) is 17.3 Å². The normalized spacial score (nSPS) is 12.5. The molecule has 0 saturated heterocycles. The molecule has 0 aliphatic carbocycles. The minimum atomic E-state index is -0.353. The number of nitrogens with two attached hydrogens (primary N) is 1. The van der Waals surface area contributed by atoms with E-state index in [2.05, 4.69) is 5.32 Å². The maximum atomic E-state index is 9.34. The molecule has 0 saturated carbocycles. The van der Waals surface area contributed by atoms with E-state index in [-0.39, 0.29) is 6.10 Å². The van der Waals surface area contributed by atoms with Crippen LogP contribution >= 0.6 is 11.6 Å². The van der Waals surface area contributed by atoms with Gasteiger partial charge < -0.3 is 16.2 Å². The van der Waals surface area contributed by atoms with Crippen molar-refractivity contribution in [3.05, 3.63) is 23.2 Å². The summed E-state index contributed by atoms with van der Waals surface area (Å²) < 4.78 is 0. The van der Waals surface area contributed by atoms with Crippen LogP contribution in [-0.2, 0) is 0 Å². The zero-order chi connectivity index (χ0) is 10.6. The summed E-state index contributed by atoms with van der Waals surface area (Å²) in [6.07, 6.45) is 0.362. The van der Waals surface area contributed by atoms with Crippen molar-refractivity contribution in [2.75, 3.05) is 17.6 Å². The van der Waals surface area contributed by atoms with Gasteiger partial charge in [-0.25, -0.2) is 0 Å². The summed E-state index contributed by atoms with van der Waals surface area (Å²) in [5, 5.41) is 12.9. The number of nitrogen functional groups attached to an aromatic ring is 1. The zero-order valence-electron chi connectivity index (χ0n) is 8.13. The number of aliphatic hydroxyl groups excluding tert-OH is 1. The topological polar surface area (TPSA) is 58.3 Å². The fourth-order valence-corrected chi connectivity index (χ4v) is 1.24. The van der Waals surface area contributed by atoms with Gasteiger partial charge in [-0.05, 0) is 18.6 Å². The Bertz CT molecular complexity index is 304. The van der Waals surface area contributed by atoms with Crippen LogP contribution in [-0.4, -0.2) is 17.8 Å². The van der Waals surface area contributed by atoms with Crippen molar-refractivity contribution in [1.29, 1.82) is 0 Å². The van der Waals surface area contributed by atoms with E-state index in [1.807, 2.05) is 19.1 Å². The van der Waals surface area contributed by atoms with E-state index in [9.17, 15) is 5.11 Å². The Kier molecular flexibility index (Phi) is 4.04. The molecule has 0 fully saturated rings. The summed E-state index contributed by atoms with van der Waals surface area (Å²) in [6, 6.07) is 5.39. The minimum Gasteiger partial charge on any atom is -0.396 e. The molecular formula is C10H15ClN2O. The number of hydrogen-bond donors (Lipinski definition) is 3. The second-order valence-electron chi connectivity index (χ2n) is 3.14. The summed E-state index contributed by atoms with van der Waals surface area (Å²) in [5.41, 5.74) is 7.03. The molecule has 0 aromatic heterocycles. The highest BCUT2D eigenvalue weighted by atomic mass is 35.5. The molecule has 0 radical (unpaired) electrons. The first-order valence-electron chi connectivity index (χ1n) is 4.61. The molecular weight excluding hydrogens is 200 g/mol. The van der Waals surface area contributed by atoms with Crippen molar-refractivity contribution in [3.63, 3.8) is 0 Å². The molecule has 0 amide bonds. The average molecular weight is 215 g/mol. The van der Waals surface area contributed by atoms with Crippen LogP contribution in [0.1, 0.15) is 13.3 Å². The molecule has 4 N–H and O–H groups in total. The van der Waals surface area contributed by atoms with Crippen molar-refractivity contribution in [2.24, 2.45) is 0 Å². The second-order valence-corrected chi connectivity index (χ2v) is 3.55. The molecule has 14 heavy (non-hydrogen) atoms. The van der Waals surface area contributed by atoms with Gasteiger partial charge in [0.15, 0.2) is 0 Å². The number of hydrogen-bond acceptors (Lipinski definition) is 3. The lowest BCUT2D eigenvalue weighted by atomic mass is 10.2. The van der Waals surface area contributed by atoms with Crippen LogP contribution in [0.4, 0.5) is 11.4 Å². The summed E-state index contributed by atoms with van der Waals surface area (Å²) in [7, 11) is 0. The first-order chi connectivity index (χ1) is 6.65. The molecule has 0 aliphatic rings. The lowest BCUT2D eigenvalue weighted by Gasteiger charge is -2.12. The van der Waals surface area contributed by atoms with Crippen LogP contribution < -0.4 is 11.1 Å². The number of anilines is 2. The Morgan fingerprint density at radius 3 is 2.93 bits per heavy atom. The molecule has 0 spiro atoms. The van der Waals surface area contributed by atoms with Crippen LogP contribution in [0.3, 0.4) is 0 Å². The third kappa shape index (κ3) is 2.79. The molecule has 0 bridgehead atoms. The number of nitrogens with one attached hydrogen (secondary N) is 1. The molecule has 78 valence electrons. The van der Waals surface area contributed by atoms with Crippen molar-refractivity contribution < 1.29 is 5.11 Å². The molecule has 3 nitrogen and oxygen atoms in total. The Balaban J connectivity index is 2.63. The summed E-state index contributed by atoms with van der Waals surface area (Å²) in [6.45, 7) is 2.41. The van der Waals surface area contributed by atoms with E-state index < -0.39 is 0 Å². The summed E-state index contributed by atoms with van der Waals surface area (Å²) in [5.74, 6) is 0. The number of benzene rings is 1. The maximum absolute atomic E-state index is 9.34. The van der Waals surface area contributed by atoms with Gasteiger partial charge in [0.25, 0.3) is 0 Å². The third-order valence-electron chi connectivity index (χ3n) is 2.05. The molecule has 1 unspecified atom stereocenters. The molecule has 4 heteroatoms. The third-order valence-corrected chi connectivity index (χ3v) is 2.38. The Morgan fingerprint density at radius 1 is 1.57 bits per heavy atom. The molecule has 1 aromatic carbocycles. The lowest BCUT2D eigenvalue weighted by Crippen LogP contribution is -2.18. The molecule has 1 atom stereocenters. The van der Waals surface area contributed by atoms with Crippen LogP contribution in [0.25, 0.3) is 0 Å². The quantitative estimate of drug-likeness (QED) is 0.673. The van der Waals surface area contributed by atoms with E-state index >= 15 is 0 Å². The highest BCUT2D eigenvalue weighted by Gasteiger charge is 2.04. The Labute approximate surface area is 88.9 Å². The molecule has 1 aromatic rings. The largest absolute Gasteiger partial charge is 0.396 e. The minimum absolute atomic E-state index is 0.353. The Hall–Kier alpha value is -0.930. The van der Waals surface area contributed by atoms with Crippen LogP contribution in [0.2, 0.25) is 5.02 Å². The smallest absolute Gasteiger partial charge is 0.0739 e. The van der Waals surface area contributed by atoms with Gasteiger partial charge in [-0.2, -0.15) is 0 Å². The highest BCUT2D eigenvalue weighted by Crippen LogP contribution is 2.26. The van der Waals surface area contributed by atoms with E-state index in [0.717, 1.165) is 5.69 Å². The number of rotatable bonds is 4. The molecule has 0 aliphatic heterocycles. The maximum Gasteiger partial charge on any atom is 0.0739 e. The van der Waals surface area contributed by atoms with Gasteiger partial charge in [0.1, 0.15) is 0 Å². The SMILES string of the molecule is CCC(O)CNc1cccc(Cl)c1N. The Morgan fingerprint density at radius 2 is 2.29 bits per heavy atom. The van der Waals surface area contributed by atoms with Gasteiger partial charge in [-0.15, -0.1) is 0 Å². The van der Waals surface area contributed by atoms with Gasteiger partial charge >= 0.3 is 0 Å². The van der Waals surface area contributed by atoms with E-state index in [1.165, 1.54) is 0 Å². The predicted molar refractivity (Wildman–Crippen MR) is 60.7 cm³/mol.